The summed E-state index contributed by atoms with van der Waals surface area (Å²) in [6.45, 7) is 11.4. The number of ketones is 1. The number of allylic oxidation sites excluding steroid dienone is 2. The van der Waals surface area contributed by atoms with Crippen molar-refractivity contribution in [2.24, 2.45) is 5.41 Å². The molecule has 3 N–H and O–H groups in total. The van der Waals surface area contributed by atoms with Crippen LogP contribution >= 0.6 is 0 Å². The summed E-state index contributed by atoms with van der Waals surface area (Å²) in [7, 11) is 0. The third-order valence-electron chi connectivity index (χ3n) is 6.15. The van der Waals surface area contributed by atoms with E-state index in [0.29, 0.717) is 24.2 Å². The highest BCUT2D eigenvalue weighted by Gasteiger charge is 2.26. The summed E-state index contributed by atoms with van der Waals surface area (Å²) in [5.41, 5.74) is 5.63. The summed E-state index contributed by atoms with van der Waals surface area (Å²) in [4.78, 5) is 20.1. The zero-order valence-corrected chi connectivity index (χ0v) is 18.9. The number of rotatable bonds is 8. The Morgan fingerprint density at radius 1 is 1.33 bits per heavy atom. The van der Waals surface area contributed by atoms with Crippen molar-refractivity contribution in [3.63, 3.8) is 0 Å². The maximum atomic E-state index is 12.8. The Morgan fingerprint density at radius 3 is 2.70 bits per heavy atom. The number of aromatic amines is 1. The molecule has 0 radical (unpaired) electrons. The van der Waals surface area contributed by atoms with Gasteiger partial charge in [-0.2, -0.15) is 0 Å². The Balaban J connectivity index is 1.97. The van der Waals surface area contributed by atoms with Crippen LogP contribution < -0.4 is 5.32 Å². The van der Waals surface area contributed by atoms with Gasteiger partial charge in [-0.1, -0.05) is 32.1 Å². The predicted molar refractivity (Wildman–Crippen MR) is 122 cm³/mol. The van der Waals surface area contributed by atoms with Crippen LogP contribution in [0, 0.1) is 12.3 Å². The third kappa shape index (κ3) is 5.27. The summed E-state index contributed by atoms with van der Waals surface area (Å²) in [5, 5.41) is 12.6. The number of aliphatic hydroxyl groups excluding tert-OH is 1. The van der Waals surface area contributed by atoms with Crippen LogP contribution in [-0.2, 0) is 12.0 Å². The van der Waals surface area contributed by atoms with Crippen LogP contribution in [0.15, 0.2) is 30.5 Å². The zero-order valence-electron chi connectivity index (χ0n) is 18.9. The second-order valence-corrected chi connectivity index (χ2v) is 9.76. The Morgan fingerprint density at radius 2 is 2.10 bits per heavy atom. The fourth-order valence-corrected chi connectivity index (χ4v) is 4.02. The van der Waals surface area contributed by atoms with Crippen molar-refractivity contribution in [3.05, 3.63) is 58.7 Å². The van der Waals surface area contributed by atoms with Gasteiger partial charge >= 0.3 is 0 Å². The van der Waals surface area contributed by atoms with Gasteiger partial charge in [-0.15, -0.1) is 0 Å². The second-order valence-electron chi connectivity index (χ2n) is 9.76. The minimum absolute atomic E-state index is 0.00602. The number of hydrogen-bond donors (Lipinski definition) is 3. The van der Waals surface area contributed by atoms with Gasteiger partial charge in [0, 0.05) is 30.4 Å². The topological polar surface area (TPSA) is 78.0 Å². The normalized spacial score (nSPS) is 16.4. The van der Waals surface area contributed by atoms with E-state index in [0.717, 1.165) is 36.1 Å². The number of Topliss-reactive ketones (excluding diaryl/α,β-unsaturated/α-hetero) is 1. The molecule has 162 valence electrons. The Kier molecular flexibility index (Phi) is 6.63. The first kappa shape index (κ1) is 22.4. The number of imidazole rings is 1. The van der Waals surface area contributed by atoms with Gasteiger partial charge in [-0.3, -0.25) is 4.79 Å². The van der Waals surface area contributed by atoms with Gasteiger partial charge in [0.05, 0.1) is 6.61 Å². The number of carbonyl (C=O) groups excluding carboxylic acids is 1. The van der Waals surface area contributed by atoms with Crippen molar-refractivity contribution in [2.75, 3.05) is 13.2 Å². The first-order valence-electron chi connectivity index (χ1n) is 10.8. The Labute approximate surface area is 180 Å². The van der Waals surface area contributed by atoms with Crippen molar-refractivity contribution in [1.29, 1.82) is 0 Å². The average molecular weight is 410 g/mol. The summed E-state index contributed by atoms with van der Waals surface area (Å²) >= 11 is 0. The van der Waals surface area contributed by atoms with E-state index in [1.54, 1.807) is 6.20 Å². The molecule has 30 heavy (non-hydrogen) atoms. The number of nitrogens with one attached hydrogen (secondary N) is 2. The maximum Gasteiger partial charge on any atom is 0.202 e. The van der Waals surface area contributed by atoms with E-state index < -0.39 is 0 Å². The molecule has 3 rings (SSSR count). The van der Waals surface area contributed by atoms with Crippen molar-refractivity contribution < 1.29 is 9.90 Å². The quantitative estimate of drug-likeness (QED) is 0.559. The number of aliphatic hydroxyl groups is 1. The number of nitrogens with zero attached hydrogens (tertiary/aromatic N) is 1. The molecular formula is C25H35N3O2. The molecule has 0 aliphatic heterocycles. The molecule has 0 unspecified atom stereocenters. The van der Waals surface area contributed by atoms with Crippen molar-refractivity contribution >= 4 is 11.4 Å². The number of benzene rings is 1. The molecule has 1 aliphatic rings. The number of hydrogen-bond acceptors (Lipinski definition) is 4. The molecule has 1 aromatic heterocycles. The molecule has 5 nitrogen and oxygen atoms in total. The first-order valence-corrected chi connectivity index (χ1v) is 10.8. The van der Waals surface area contributed by atoms with Crippen molar-refractivity contribution in [3.8, 4) is 0 Å². The molecule has 1 heterocycles. The molecule has 0 saturated heterocycles. The molecule has 0 spiro atoms. The summed E-state index contributed by atoms with van der Waals surface area (Å²) in [6, 6.07) is 6.41. The highest BCUT2D eigenvalue weighted by Crippen LogP contribution is 2.39. The molecule has 0 fully saturated rings. The van der Waals surface area contributed by atoms with Gasteiger partial charge in [-0.25, -0.2) is 4.98 Å². The van der Waals surface area contributed by atoms with Gasteiger partial charge in [0.25, 0.3) is 0 Å². The fourth-order valence-electron chi connectivity index (χ4n) is 4.02. The maximum absolute atomic E-state index is 12.8. The SMILES string of the molecule is Cc1cnc(C(=O)Cc2ccc(C(C)(C)NCCO)cc2C2=CCC(C)(C)CC2)[nH]1. The standard InChI is InChI=1S/C25H35N3O2/c1-17-16-26-23(28-17)22(30)14-19-6-7-20(25(4,5)27-12-13-29)15-21(19)18-8-10-24(2,3)11-9-18/h6-8,15-16,27,29H,9-14H2,1-5H3,(H,26,28). The van der Waals surface area contributed by atoms with Crippen LogP contribution in [0.2, 0.25) is 0 Å². The zero-order chi connectivity index (χ0) is 21.9. The van der Waals surface area contributed by atoms with Crippen LogP contribution in [0.5, 0.6) is 0 Å². The van der Waals surface area contributed by atoms with E-state index in [4.69, 9.17) is 0 Å². The number of aryl methyl sites for hydroxylation is 1. The van der Waals surface area contributed by atoms with Crippen LogP contribution in [0.4, 0.5) is 0 Å². The number of carbonyl (C=O) groups is 1. The largest absolute Gasteiger partial charge is 0.395 e. The van der Waals surface area contributed by atoms with Gasteiger partial charge in [-0.05, 0) is 73.8 Å². The minimum Gasteiger partial charge on any atom is -0.395 e. The molecular weight excluding hydrogens is 374 g/mol. The monoisotopic (exact) mass is 409 g/mol. The van der Waals surface area contributed by atoms with Crippen LogP contribution in [0.3, 0.4) is 0 Å². The van der Waals surface area contributed by atoms with Gasteiger partial charge < -0.3 is 15.4 Å². The van der Waals surface area contributed by atoms with Crippen molar-refractivity contribution in [1.82, 2.24) is 15.3 Å². The van der Waals surface area contributed by atoms with Crippen LogP contribution in [-0.4, -0.2) is 34.0 Å². The van der Waals surface area contributed by atoms with E-state index in [1.807, 2.05) is 6.92 Å². The van der Waals surface area contributed by atoms with Gasteiger partial charge in [0.15, 0.2) is 5.82 Å². The lowest BCUT2D eigenvalue weighted by Gasteiger charge is -2.31. The number of aromatic nitrogens is 2. The molecule has 0 amide bonds. The van der Waals surface area contributed by atoms with E-state index in [-0.39, 0.29) is 17.9 Å². The molecule has 0 bridgehead atoms. The van der Waals surface area contributed by atoms with E-state index in [1.165, 1.54) is 11.1 Å². The third-order valence-corrected chi connectivity index (χ3v) is 6.15. The summed E-state index contributed by atoms with van der Waals surface area (Å²) in [5.74, 6) is 0.428. The average Bonchev–Trinajstić information content (AvgIpc) is 3.13. The summed E-state index contributed by atoms with van der Waals surface area (Å²) < 4.78 is 0. The number of H-pyrrole nitrogens is 1. The lowest BCUT2D eigenvalue weighted by molar-refractivity contribution is 0.0983. The smallest absolute Gasteiger partial charge is 0.202 e. The lowest BCUT2D eigenvalue weighted by atomic mass is 9.75. The van der Waals surface area contributed by atoms with Crippen molar-refractivity contribution in [2.45, 2.75) is 65.8 Å². The van der Waals surface area contributed by atoms with E-state index in [9.17, 15) is 9.90 Å². The minimum atomic E-state index is -0.271. The Hall–Kier alpha value is -2.24. The van der Waals surface area contributed by atoms with E-state index >= 15 is 0 Å². The van der Waals surface area contributed by atoms with Gasteiger partial charge in [0.1, 0.15) is 0 Å². The Bertz CT molecular complexity index is 938. The molecule has 2 aromatic rings. The van der Waals surface area contributed by atoms with Crippen LogP contribution in [0.1, 0.15) is 80.0 Å². The predicted octanol–water partition coefficient (Wildman–Crippen LogP) is 4.55. The van der Waals surface area contributed by atoms with E-state index in [2.05, 4.69) is 67.3 Å². The summed E-state index contributed by atoms with van der Waals surface area (Å²) in [6.07, 6.45) is 7.57. The molecule has 1 aliphatic carbocycles. The van der Waals surface area contributed by atoms with Crippen LogP contribution in [0.25, 0.3) is 5.57 Å². The molecule has 5 heteroatoms. The second kappa shape index (κ2) is 8.86. The highest BCUT2D eigenvalue weighted by molar-refractivity contribution is 5.95. The highest BCUT2D eigenvalue weighted by atomic mass is 16.3. The molecule has 0 saturated carbocycles. The first-order chi connectivity index (χ1) is 14.1. The lowest BCUT2D eigenvalue weighted by Crippen LogP contribution is -2.38. The fraction of sp³-hybridized carbons (Fsp3) is 0.520. The van der Waals surface area contributed by atoms with Gasteiger partial charge in [0.2, 0.25) is 5.78 Å². The molecule has 1 aromatic carbocycles. The molecule has 0 atom stereocenters.